The number of rotatable bonds is 11. The number of esters is 1. The van der Waals surface area contributed by atoms with Crippen molar-refractivity contribution in [3.05, 3.63) is 53.6 Å². The molecule has 0 spiro atoms. The first-order chi connectivity index (χ1) is 14.1. The molecule has 6 nitrogen and oxygen atoms in total. The molecule has 30 heavy (non-hydrogen) atoms. The monoisotopic (exact) mass is 431 g/mol. The fourth-order valence-corrected chi connectivity index (χ4v) is 3.91. The van der Waals surface area contributed by atoms with Gasteiger partial charge in [0.1, 0.15) is 5.82 Å². The number of aryl methyl sites for hydroxylation is 1. The van der Waals surface area contributed by atoms with Crippen molar-refractivity contribution in [2.45, 2.75) is 71.4 Å². The number of benzene rings is 1. The van der Waals surface area contributed by atoms with Gasteiger partial charge in [-0.25, -0.2) is 4.98 Å². The molecule has 0 amide bonds. The molecule has 0 saturated heterocycles. The third-order valence-electron chi connectivity index (χ3n) is 5.83. The Morgan fingerprint density at radius 3 is 2.43 bits per heavy atom. The Bertz CT molecular complexity index is 795. The van der Waals surface area contributed by atoms with Crippen LogP contribution in [0.1, 0.15) is 44.1 Å². The number of nitrogens with one attached hydrogen (secondary N) is 1. The van der Waals surface area contributed by atoms with E-state index in [-0.39, 0.29) is 11.0 Å². The quantitative estimate of drug-likeness (QED) is 0.326. The molecule has 0 aliphatic heterocycles. The lowest BCUT2D eigenvalue weighted by Gasteiger charge is -2.36. The highest BCUT2D eigenvalue weighted by molar-refractivity contribution is 6.74. The van der Waals surface area contributed by atoms with Crippen molar-refractivity contribution >= 4 is 14.3 Å². The van der Waals surface area contributed by atoms with E-state index in [0.717, 1.165) is 37.5 Å². The van der Waals surface area contributed by atoms with E-state index in [4.69, 9.17) is 9.16 Å². The fraction of sp³-hybridized carbons (Fsp3) is 0.565. The van der Waals surface area contributed by atoms with Crippen molar-refractivity contribution in [1.29, 1.82) is 0 Å². The maximum atomic E-state index is 11.3. The second-order valence-corrected chi connectivity index (χ2v) is 14.0. The van der Waals surface area contributed by atoms with Crippen LogP contribution in [0.2, 0.25) is 18.1 Å². The van der Waals surface area contributed by atoms with Gasteiger partial charge in [-0.2, -0.15) is 0 Å². The molecule has 1 N–H and O–H groups in total. The van der Waals surface area contributed by atoms with Gasteiger partial charge in [0.15, 0.2) is 8.32 Å². The van der Waals surface area contributed by atoms with Gasteiger partial charge < -0.3 is 19.0 Å². The van der Waals surface area contributed by atoms with Crippen LogP contribution in [-0.4, -0.2) is 37.6 Å². The summed E-state index contributed by atoms with van der Waals surface area (Å²) in [4.78, 5) is 15.8. The zero-order valence-corrected chi connectivity index (χ0v) is 20.3. The summed E-state index contributed by atoms with van der Waals surface area (Å²) in [5.41, 5.74) is 2.13. The highest BCUT2D eigenvalue weighted by atomic mass is 28.4. The maximum Gasteiger partial charge on any atom is 0.309 e. The molecule has 0 radical (unpaired) electrons. The van der Waals surface area contributed by atoms with E-state index in [1.807, 2.05) is 36.7 Å². The Labute approximate surface area is 182 Å². The van der Waals surface area contributed by atoms with Crippen molar-refractivity contribution in [3.8, 4) is 0 Å². The van der Waals surface area contributed by atoms with E-state index < -0.39 is 8.32 Å². The minimum atomic E-state index is -1.68. The van der Waals surface area contributed by atoms with E-state index in [1.54, 1.807) is 0 Å². The molecular weight excluding hydrogens is 394 g/mol. The Balaban J connectivity index is 1.75. The van der Waals surface area contributed by atoms with E-state index in [1.165, 1.54) is 12.7 Å². The van der Waals surface area contributed by atoms with Crippen LogP contribution in [0.5, 0.6) is 0 Å². The molecule has 1 aromatic carbocycles. The predicted molar refractivity (Wildman–Crippen MR) is 123 cm³/mol. The van der Waals surface area contributed by atoms with Gasteiger partial charge in [-0.15, -0.1) is 0 Å². The smallest absolute Gasteiger partial charge is 0.309 e. The summed E-state index contributed by atoms with van der Waals surface area (Å²) in [6.07, 6.45) is 5.18. The number of imidazole rings is 1. The van der Waals surface area contributed by atoms with Crippen LogP contribution in [0, 0.1) is 0 Å². The van der Waals surface area contributed by atoms with Crippen LogP contribution in [0.15, 0.2) is 36.7 Å². The molecule has 0 fully saturated rings. The number of carbonyl (C=O) groups is 1. The summed E-state index contributed by atoms with van der Waals surface area (Å²) in [5, 5.41) is 3.70. The van der Waals surface area contributed by atoms with Crippen LogP contribution < -0.4 is 5.32 Å². The van der Waals surface area contributed by atoms with Gasteiger partial charge in [0.05, 0.1) is 20.1 Å². The summed E-state index contributed by atoms with van der Waals surface area (Å²) in [7, 11) is -0.269. The summed E-state index contributed by atoms with van der Waals surface area (Å²) < 4.78 is 13.2. The van der Waals surface area contributed by atoms with Gasteiger partial charge in [0.2, 0.25) is 0 Å². The van der Waals surface area contributed by atoms with E-state index >= 15 is 0 Å². The van der Waals surface area contributed by atoms with Crippen LogP contribution in [0.25, 0.3) is 0 Å². The summed E-state index contributed by atoms with van der Waals surface area (Å²) >= 11 is 0. The normalized spacial score (nSPS) is 12.2. The Morgan fingerprint density at radius 2 is 1.80 bits per heavy atom. The Hall–Kier alpha value is -1.96. The molecule has 1 heterocycles. The summed E-state index contributed by atoms with van der Waals surface area (Å²) in [6, 6.07) is 8.01. The average molecular weight is 432 g/mol. The standard InChI is InChI=1S/C23H37N3O3Si/c1-23(2,3)30(5,6)29-15-7-13-26-14-12-25-21(26)18-24-17-20-10-8-19(9-11-20)16-22(27)28-4/h8-12,14,24H,7,13,15-18H2,1-6H3. The number of hydrogen-bond donors (Lipinski definition) is 1. The number of hydrogen-bond acceptors (Lipinski definition) is 5. The first kappa shape index (κ1) is 24.3. The predicted octanol–water partition coefficient (Wildman–Crippen LogP) is 4.30. The molecule has 0 unspecified atom stereocenters. The highest BCUT2D eigenvalue weighted by Gasteiger charge is 2.36. The molecule has 2 aromatic rings. The van der Waals surface area contributed by atoms with Gasteiger partial charge >= 0.3 is 5.97 Å². The highest BCUT2D eigenvalue weighted by Crippen LogP contribution is 2.36. The molecule has 0 aliphatic rings. The van der Waals surface area contributed by atoms with Crippen molar-refractivity contribution < 1.29 is 14.0 Å². The third-order valence-corrected chi connectivity index (χ3v) is 10.4. The lowest BCUT2D eigenvalue weighted by atomic mass is 10.1. The third kappa shape index (κ3) is 7.38. The number of aromatic nitrogens is 2. The average Bonchev–Trinajstić information content (AvgIpc) is 3.13. The molecule has 7 heteroatoms. The summed E-state index contributed by atoms with van der Waals surface area (Å²) in [5.74, 6) is 0.812. The zero-order valence-electron chi connectivity index (χ0n) is 19.3. The first-order valence-corrected chi connectivity index (χ1v) is 13.5. The molecule has 0 aliphatic carbocycles. The van der Waals surface area contributed by atoms with Crippen LogP contribution in [-0.2, 0) is 40.0 Å². The van der Waals surface area contributed by atoms with Crippen LogP contribution >= 0.6 is 0 Å². The lowest BCUT2D eigenvalue weighted by molar-refractivity contribution is -0.139. The van der Waals surface area contributed by atoms with Crippen LogP contribution in [0.3, 0.4) is 0 Å². The Kier molecular flexibility index (Phi) is 8.82. The van der Waals surface area contributed by atoms with Crippen molar-refractivity contribution in [3.63, 3.8) is 0 Å². The van der Waals surface area contributed by atoms with Gasteiger partial charge in [-0.05, 0) is 35.7 Å². The van der Waals surface area contributed by atoms with Gasteiger partial charge in [-0.1, -0.05) is 45.0 Å². The number of nitrogens with zero attached hydrogens (tertiary/aromatic N) is 2. The number of carbonyl (C=O) groups excluding carboxylic acids is 1. The molecule has 0 atom stereocenters. The van der Waals surface area contributed by atoms with Crippen molar-refractivity contribution in [2.24, 2.45) is 0 Å². The SMILES string of the molecule is COC(=O)Cc1ccc(CNCc2nccn2CCCO[Si](C)(C)C(C)(C)C)cc1. The number of ether oxygens (including phenoxy) is 1. The van der Waals surface area contributed by atoms with E-state index in [9.17, 15) is 4.79 Å². The first-order valence-electron chi connectivity index (χ1n) is 10.6. The van der Waals surface area contributed by atoms with Crippen molar-refractivity contribution in [1.82, 2.24) is 14.9 Å². The molecule has 166 valence electrons. The second-order valence-electron chi connectivity index (χ2n) is 9.17. The molecule has 1 aromatic heterocycles. The van der Waals surface area contributed by atoms with E-state index in [2.05, 4.69) is 48.7 Å². The van der Waals surface area contributed by atoms with E-state index in [0.29, 0.717) is 13.0 Å². The lowest BCUT2D eigenvalue weighted by Crippen LogP contribution is -2.41. The largest absolute Gasteiger partial charge is 0.469 e. The van der Waals surface area contributed by atoms with Crippen LogP contribution in [0.4, 0.5) is 0 Å². The minimum absolute atomic E-state index is 0.220. The molecule has 0 saturated carbocycles. The second kappa shape index (κ2) is 10.9. The van der Waals surface area contributed by atoms with Gasteiger partial charge in [-0.3, -0.25) is 4.79 Å². The topological polar surface area (TPSA) is 65.4 Å². The fourth-order valence-electron chi connectivity index (χ4n) is 2.82. The van der Waals surface area contributed by atoms with Crippen molar-refractivity contribution in [2.75, 3.05) is 13.7 Å². The minimum Gasteiger partial charge on any atom is -0.469 e. The molecule has 2 rings (SSSR count). The Morgan fingerprint density at radius 1 is 1.13 bits per heavy atom. The zero-order chi connectivity index (χ0) is 22.2. The van der Waals surface area contributed by atoms with Gasteiger partial charge in [0, 0.05) is 32.1 Å². The molecule has 0 bridgehead atoms. The molecular formula is C23H37N3O3Si. The number of methoxy groups -OCH3 is 1. The maximum absolute atomic E-state index is 11.3. The summed E-state index contributed by atoms with van der Waals surface area (Å²) in [6.45, 7) is 14.6. The van der Waals surface area contributed by atoms with Gasteiger partial charge in [0.25, 0.3) is 0 Å².